The van der Waals surface area contributed by atoms with Crippen LogP contribution in [0.25, 0.3) is 0 Å². The Morgan fingerprint density at radius 2 is 1.86 bits per heavy atom. The molecule has 0 bridgehead atoms. The molecule has 3 nitrogen and oxygen atoms in total. The first-order chi connectivity index (χ1) is 10.3. The molecule has 0 aliphatic carbocycles. The Hall–Kier alpha value is -1.06. The zero-order valence-electron chi connectivity index (χ0n) is 13.8. The Morgan fingerprint density at radius 3 is 2.57 bits per heavy atom. The number of anilines is 1. The fourth-order valence-corrected chi connectivity index (χ4v) is 3.13. The van der Waals surface area contributed by atoms with Crippen LogP contribution >= 0.6 is 0 Å². The first-order valence-electron chi connectivity index (χ1n) is 8.61. The van der Waals surface area contributed by atoms with Gasteiger partial charge in [-0.15, -0.1) is 0 Å². The van der Waals surface area contributed by atoms with Crippen LogP contribution in [0.4, 0.5) is 5.69 Å². The Morgan fingerprint density at radius 1 is 1.10 bits per heavy atom. The lowest BCUT2D eigenvalue weighted by Crippen LogP contribution is -2.32. The number of para-hydroxylation sites is 1. The van der Waals surface area contributed by atoms with Crippen molar-refractivity contribution in [3.63, 3.8) is 0 Å². The van der Waals surface area contributed by atoms with Crippen LogP contribution in [0.2, 0.25) is 0 Å². The summed E-state index contributed by atoms with van der Waals surface area (Å²) in [4.78, 5) is 5.05. The van der Waals surface area contributed by atoms with E-state index in [0.29, 0.717) is 0 Å². The molecule has 0 radical (unpaired) electrons. The Kier molecular flexibility index (Phi) is 7.04. The second-order valence-corrected chi connectivity index (χ2v) is 5.93. The highest BCUT2D eigenvalue weighted by molar-refractivity contribution is 5.54. The van der Waals surface area contributed by atoms with Crippen molar-refractivity contribution in [1.82, 2.24) is 10.2 Å². The molecule has 0 aromatic heterocycles. The van der Waals surface area contributed by atoms with Crippen molar-refractivity contribution < 1.29 is 0 Å². The Balaban J connectivity index is 1.80. The minimum atomic E-state index is 0.982. The summed E-state index contributed by atoms with van der Waals surface area (Å²) >= 11 is 0. The Labute approximate surface area is 130 Å². The van der Waals surface area contributed by atoms with E-state index in [9.17, 15) is 0 Å². The molecular weight excluding hydrogens is 258 g/mol. The van der Waals surface area contributed by atoms with E-state index in [1.165, 1.54) is 50.1 Å². The molecule has 1 saturated heterocycles. The molecule has 118 valence electrons. The average Bonchev–Trinajstić information content (AvgIpc) is 3.05. The van der Waals surface area contributed by atoms with Crippen molar-refractivity contribution in [2.75, 3.05) is 44.2 Å². The number of benzene rings is 1. The van der Waals surface area contributed by atoms with Gasteiger partial charge in [0.2, 0.25) is 0 Å². The molecule has 1 heterocycles. The van der Waals surface area contributed by atoms with Gasteiger partial charge in [-0.1, -0.05) is 32.0 Å². The third kappa shape index (κ3) is 5.01. The monoisotopic (exact) mass is 289 g/mol. The molecule has 1 N–H and O–H groups in total. The van der Waals surface area contributed by atoms with Crippen LogP contribution in [0.3, 0.4) is 0 Å². The average molecular weight is 289 g/mol. The molecule has 0 atom stereocenters. The second-order valence-electron chi connectivity index (χ2n) is 5.93. The summed E-state index contributed by atoms with van der Waals surface area (Å²) < 4.78 is 0. The van der Waals surface area contributed by atoms with E-state index in [0.717, 1.165) is 26.2 Å². The number of hydrogen-bond acceptors (Lipinski definition) is 3. The third-order valence-electron chi connectivity index (χ3n) is 4.35. The molecule has 1 aliphatic heterocycles. The SMILES string of the molecule is CCCN(CC)CCNCc1ccccc1N1CCCC1. The van der Waals surface area contributed by atoms with Crippen LogP contribution in [-0.4, -0.2) is 44.2 Å². The van der Waals surface area contributed by atoms with Gasteiger partial charge in [0.25, 0.3) is 0 Å². The summed E-state index contributed by atoms with van der Waals surface area (Å²) in [5.41, 5.74) is 2.88. The largest absolute Gasteiger partial charge is 0.371 e. The molecule has 21 heavy (non-hydrogen) atoms. The van der Waals surface area contributed by atoms with Crippen LogP contribution in [0.15, 0.2) is 24.3 Å². The van der Waals surface area contributed by atoms with Crippen molar-refractivity contribution in [2.45, 2.75) is 39.7 Å². The number of nitrogens with zero attached hydrogens (tertiary/aromatic N) is 2. The molecule has 0 unspecified atom stereocenters. The maximum absolute atomic E-state index is 3.62. The smallest absolute Gasteiger partial charge is 0.0411 e. The second kappa shape index (κ2) is 9.06. The summed E-state index contributed by atoms with van der Waals surface area (Å²) in [6.45, 7) is 12.5. The third-order valence-corrected chi connectivity index (χ3v) is 4.35. The van der Waals surface area contributed by atoms with E-state index in [1.807, 2.05) is 0 Å². The van der Waals surface area contributed by atoms with Crippen molar-refractivity contribution in [2.24, 2.45) is 0 Å². The van der Waals surface area contributed by atoms with Gasteiger partial charge in [0.1, 0.15) is 0 Å². The van der Waals surface area contributed by atoms with Crippen LogP contribution in [-0.2, 0) is 6.54 Å². The molecule has 0 amide bonds. The summed E-state index contributed by atoms with van der Waals surface area (Å²) in [7, 11) is 0. The fraction of sp³-hybridized carbons (Fsp3) is 0.667. The van der Waals surface area contributed by atoms with Crippen molar-refractivity contribution in [3.8, 4) is 0 Å². The first kappa shape index (κ1) is 16.3. The molecule has 3 heteroatoms. The van der Waals surface area contributed by atoms with Crippen molar-refractivity contribution in [1.29, 1.82) is 0 Å². The fourth-order valence-electron chi connectivity index (χ4n) is 3.13. The summed E-state index contributed by atoms with van der Waals surface area (Å²) in [6, 6.07) is 8.87. The quantitative estimate of drug-likeness (QED) is 0.705. The van der Waals surface area contributed by atoms with Crippen LogP contribution in [0.1, 0.15) is 38.7 Å². The van der Waals surface area contributed by atoms with Gasteiger partial charge in [-0.2, -0.15) is 0 Å². The van der Waals surface area contributed by atoms with Gasteiger partial charge >= 0.3 is 0 Å². The van der Waals surface area contributed by atoms with Gasteiger partial charge in [-0.25, -0.2) is 0 Å². The molecule has 1 fully saturated rings. The van der Waals surface area contributed by atoms with Gasteiger partial charge in [0, 0.05) is 38.4 Å². The minimum Gasteiger partial charge on any atom is -0.371 e. The van der Waals surface area contributed by atoms with E-state index in [1.54, 1.807) is 0 Å². The van der Waals surface area contributed by atoms with E-state index >= 15 is 0 Å². The van der Waals surface area contributed by atoms with Crippen LogP contribution in [0, 0.1) is 0 Å². The zero-order chi connectivity index (χ0) is 14.9. The molecule has 1 aromatic rings. The van der Waals surface area contributed by atoms with Gasteiger partial charge < -0.3 is 15.1 Å². The van der Waals surface area contributed by atoms with E-state index in [-0.39, 0.29) is 0 Å². The highest BCUT2D eigenvalue weighted by atomic mass is 15.2. The first-order valence-corrected chi connectivity index (χ1v) is 8.61. The van der Waals surface area contributed by atoms with Gasteiger partial charge in [0.15, 0.2) is 0 Å². The van der Waals surface area contributed by atoms with E-state index in [4.69, 9.17) is 0 Å². The molecule has 0 saturated carbocycles. The standard InChI is InChI=1S/C18H31N3/c1-3-12-20(4-2)15-11-19-16-17-9-5-6-10-18(17)21-13-7-8-14-21/h5-6,9-10,19H,3-4,7-8,11-16H2,1-2H3. The zero-order valence-corrected chi connectivity index (χ0v) is 13.8. The van der Waals surface area contributed by atoms with Crippen molar-refractivity contribution >= 4 is 5.69 Å². The maximum atomic E-state index is 3.62. The molecule has 2 rings (SSSR count). The minimum absolute atomic E-state index is 0.982. The molecule has 0 spiro atoms. The topological polar surface area (TPSA) is 18.5 Å². The van der Waals surface area contributed by atoms with Crippen LogP contribution < -0.4 is 10.2 Å². The predicted octanol–water partition coefficient (Wildman–Crippen LogP) is 3.11. The van der Waals surface area contributed by atoms with Crippen LogP contribution in [0.5, 0.6) is 0 Å². The van der Waals surface area contributed by atoms with E-state index in [2.05, 4.69) is 53.2 Å². The molecule has 1 aliphatic rings. The van der Waals surface area contributed by atoms with E-state index < -0.39 is 0 Å². The lowest BCUT2D eigenvalue weighted by atomic mass is 10.1. The number of likely N-dealkylation sites (N-methyl/N-ethyl adjacent to an activating group) is 1. The number of nitrogens with one attached hydrogen (secondary N) is 1. The van der Waals surface area contributed by atoms with Gasteiger partial charge in [-0.05, 0) is 44.0 Å². The molecular formula is C18H31N3. The van der Waals surface area contributed by atoms with Gasteiger partial charge in [0.05, 0.1) is 0 Å². The maximum Gasteiger partial charge on any atom is 0.0411 e. The lowest BCUT2D eigenvalue weighted by molar-refractivity contribution is 0.287. The summed E-state index contributed by atoms with van der Waals surface area (Å²) in [6.07, 6.45) is 3.92. The number of hydrogen-bond donors (Lipinski definition) is 1. The summed E-state index contributed by atoms with van der Waals surface area (Å²) in [5.74, 6) is 0. The predicted molar refractivity (Wildman–Crippen MR) is 92.0 cm³/mol. The van der Waals surface area contributed by atoms with Gasteiger partial charge in [-0.3, -0.25) is 0 Å². The number of rotatable bonds is 9. The normalized spacial score (nSPS) is 15.1. The highest BCUT2D eigenvalue weighted by Gasteiger charge is 2.14. The lowest BCUT2D eigenvalue weighted by Gasteiger charge is -2.22. The highest BCUT2D eigenvalue weighted by Crippen LogP contribution is 2.24. The van der Waals surface area contributed by atoms with Crippen molar-refractivity contribution in [3.05, 3.63) is 29.8 Å². The summed E-state index contributed by atoms with van der Waals surface area (Å²) in [5, 5.41) is 3.62. The molecule has 1 aromatic carbocycles. The Bertz CT molecular complexity index is 399.